The largest absolute Gasteiger partial charge is 0.325 e. The minimum atomic E-state index is -0.317. The number of nitrogens with zero attached hydrogens (tertiary/aromatic N) is 5. The lowest BCUT2D eigenvalue weighted by atomic mass is 10.2. The van der Waals surface area contributed by atoms with Gasteiger partial charge in [-0.1, -0.05) is 18.2 Å². The summed E-state index contributed by atoms with van der Waals surface area (Å²) in [6.45, 7) is 2.28. The fraction of sp³-hybridized carbons (Fsp3) is 0.150. The second-order valence-electron chi connectivity index (χ2n) is 6.42. The molecule has 0 aliphatic heterocycles. The Morgan fingerprint density at radius 3 is 2.76 bits per heavy atom. The average molecular weight is 408 g/mol. The van der Waals surface area contributed by atoms with Crippen LogP contribution >= 0.6 is 11.3 Å². The molecule has 7 nitrogen and oxygen atoms in total. The summed E-state index contributed by atoms with van der Waals surface area (Å²) < 4.78 is 13.0. The molecule has 29 heavy (non-hydrogen) atoms. The quantitative estimate of drug-likeness (QED) is 0.528. The summed E-state index contributed by atoms with van der Waals surface area (Å²) in [5, 5.41) is 17.8. The minimum absolute atomic E-state index is 0.113. The zero-order chi connectivity index (χ0) is 20.2. The van der Waals surface area contributed by atoms with Gasteiger partial charge in [0, 0.05) is 16.6 Å². The third kappa shape index (κ3) is 4.69. The second-order valence-corrected chi connectivity index (χ2v) is 7.37. The zero-order valence-corrected chi connectivity index (χ0v) is 16.4. The van der Waals surface area contributed by atoms with E-state index in [2.05, 4.69) is 25.7 Å². The van der Waals surface area contributed by atoms with Crippen LogP contribution in [0.2, 0.25) is 0 Å². The van der Waals surface area contributed by atoms with E-state index in [0.29, 0.717) is 22.9 Å². The molecule has 0 fully saturated rings. The molecule has 0 bridgehead atoms. The number of thiazole rings is 1. The van der Waals surface area contributed by atoms with E-state index in [1.807, 2.05) is 36.6 Å². The summed E-state index contributed by atoms with van der Waals surface area (Å²) >= 11 is 1.41. The summed E-state index contributed by atoms with van der Waals surface area (Å²) in [6.07, 6.45) is 0.199. The van der Waals surface area contributed by atoms with Gasteiger partial charge in [-0.2, -0.15) is 4.80 Å². The number of amides is 1. The molecule has 0 atom stereocenters. The Bertz CT molecular complexity index is 1140. The number of aryl methyl sites for hydroxylation is 1. The first-order valence-corrected chi connectivity index (χ1v) is 9.77. The molecule has 0 aliphatic carbocycles. The molecule has 0 unspecified atom stereocenters. The predicted molar refractivity (Wildman–Crippen MR) is 108 cm³/mol. The molecule has 2 aromatic heterocycles. The van der Waals surface area contributed by atoms with Crippen LogP contribution in [-0.4, -0.2) is 31.1 Å². The van der Waals surface area contributed by atoms with Crippen LogP contribution in [0.4, 0.5) is 10.1 Å². The molecule has 0 saturated carbocycles. The highest BCUT2D eigenvalue weighted by Gasteiger charge is 2.11. The number of carbonyl (C=O) groups excluding carboxylic acids is 1. The van der Waals surface area contributed by atoms with Gasteiger partial charge in [-0.25, -0.2) is 9.37 Å². The molecular weight excluding hydrogens is 391 g/mol. The first kappa shape index (κ1) is 18.9. The monoisotopic (exact) mass is 408 g/mol. The van der Waals surface area contributed by atoms with Crippen LogP contribution in [-0.2, 0) is 17.8 Å². The first-order valence-electron chi connectivity index (χ1n) is 8.89. The van der Waals surface area contributed by atoms with Gasteiger partial charge in [0.05, 0.1) is 12.1 Å². The molecule has 146 valence electrons. The third-order valence-corrected chi connectivity index (χ3v) is 5.09. The molecule has 1 N–H and O–H groups in total. The number of halogens is 1. The number of para-hydroxylation sites is 1. The smallest absolute Gasteiger partial charge is 0.231 e. The topological polar surface area (TPSA) is 85.6 Å². The summed E-state index contributed by atoms with van der Waals surface area (Å²) in [5.41, 5.74) is 3.24. The average Bonchev–Trinajstić information content (AvgIpc) is 3.34. The molecule has 2 heterocycles. The van der Waals surface area contributed by atoms with Gasteiger partial charge < -0.3 is 5.32 Å². The van der Waals surface area contributed by atoms with E-state index in [0.717, 1.165) is 16.9 Å². The molecule has 9 heteroatoms. The molecule has 0 saturated heterocycles. The zero-order valence-electron chi connectivity index (χ0n) is 15.5. The van der Waals surface area contributed by atoms with E-state index >= 15 is 0 Å². The minimum Gasteiger partial charge on any atom is -0.325 e. The second kappa shape index (κ2) is 8.27. The Labute approximate surface area is 170 Å². The lowest BCUT2D eigenvalue weighted by molar-refractivity contribution is -0.115. The van der Waals surface area contributed by atoms with Crippen molar-refractivity contribution in [1.29, 1.82) is 0 Å². The summed E-state index contributed by atoms with van der Waals surface area (Å²) in [6, 6.07) is 13.5. The Balaban J connectivity index is 1.37. The van der Waals surface area contributed by atoms with Crippen molar-refractivity contribution in [3.8, 4) is 11.4 Å². The fourth-order valence-electron chi connectivity index (χ4n) is 2.72. The van der Waals surface area contributed by atoms with Crippen LogP contribution < -0.4 is 5.32 Å². The van der Waals surface area contributed by atoms with Crippen LogP contribution in [0, 0.1) is 12.7 Å². The molecule has 0 radical (unpaired) electrons. The van der Waals surface area contributed by atoms with Gasteiger partial charge in [0.15, 0.2) is 0 Å². The van der Waals surface area contributed by atoms with Crippen molar-refractivity contribution in [2.24, 2.45) is 0 Å². The number of hydrogen-bond donors (Lipinski definition) is 1. The highest BCUT2D eigenvalue weighted by molar-refractivity contribution is 7.09. The lowest BCUT2D eigenvalue weighted by Crippen LogP contribution is -2.15. The number of tetrazole rings is 1. The summed E-state index contributed by atoms with van der Waals surface area (Å²) in [5.74, 6) is -0.0154. The number of benzene rings is 2. The van der Waals surface area contributed by atoms with Gasteiger partial charge in [-0.15, -0.1) is 21.5 Å². The van der Waals surface area contributed by atoms with E-state index in [1.165, 1.54) is 28.3 Å². The number of hydrogen-bond acceptors (Lipinski definition) is 6. The van der Waals surface area contributed by atoms with Crippen molar-refractivity contribution in [3.63, 3.8) is 0 Å². The van der Waals surface area contributed by atoms with E-state index in [1.54, 1.807) is 12.1 Å². The Kier molecular flexibility index (Phi) is 5.39. The van der Waals surface area contributed by atoms with Crippen LogP contribution in [0.5, 0.6) is 0 Å². The number of carbonyl (C=O) groups is 1. The highest BCUT2D eigenvalue weighted by Crippen LogP contribution is 2.17. The molecule has 1 amide bonds. The molecule has 4 aromatic rings. The van der Waals surface area contributed by atoms with Crippen molar-refractivity contribution < 1.29 is 9.18 Å². The Morgan fingerprint density at radius 1 is 1.17 bits per heavy atom. The standard InChI is InChI=1S/C20H17FN6OS/c1-13-4-2-3-5-17(13)23-18(28)10-19-22-16(12-29-19)11-27-25-20(24-26-27)14-6-8-15(21)9-7-14/h2-9,12H,10-11H2,1H3,(H,23,28). The highest BCUT2D eigenvalue weighted by atomic mass is 32.1. The van der Waals surface area contributed by atoms with Gasteiger partial charge in [-0.05, 0) is 48.0 Å². The Hall–Kier alpha value is -3.46. The van der Waals surface area contributed by atoms with Gasteiger partial charge >= 0.3 is 0 Å². The molecule has 2 aromatic carbocycles. The third-order valence-electron chi connectivity index (χ3n) is 4.19. The fourth-order valence-corrected chi connectivity index (χ4v) is 3.50. The van der Waals surface area contributed by atoms with Gasteiger partial charge in [0.25, 0.3) is 0 Å². The first-order chi connectivity index (χ1) is 14.1. The van der Waals surface area contributed by atoms with E-state index < -0.39 is 0 Å². The lowest BCUT2D eigenvalue weighted by Gasteiger charge is -2.06. The number of nitrogens with one attached hydrogen (secondary N) is 1. The summed E-state index contributed by atoms with van der Waals surface area (Å²) in [7, 11) is 0. The van der Waals surface area contributed by atoms with Crippen LogP contribution in [0.3, 0.4) is 0 Å². The number of rotatable bonds is 6. The molecule has 0 spiro atoms. The van der Waals surface area contributed by atoms with Crippen molar-refractivity contribution in [2.75, 3.05) is 5.32 Å². The molecule has 0 aliphatic rings. The maximum atomic E-state index is 13.0. The normalized spacial score (nSPS) is 10.8. The molecule has 4 rings (SSSR count). The van der Waals surface area contributed by atoms with Crippen LogP contribution in [0.1, 0.15) is 16.3 Å². The predicted octanol–water partition coefficient (Wildman–Crippen LogP) is 3.47. The molecular formula is C20H17FN6OS. The van der Waals surface area contributed by atoms with Crippen molar-refractivity contribution in [3.05, 3.63) is 76.0 Å². The van der Waals surface area contributed by atoms with Crippen molar-refractivity contribution in [2.45, 2.75) is 19.9 Å². The number of anilines is 1. The van der Waals surface area contributed by atoms with E-state index in [9.17, 15) is 9.18 Å². The maximum Gasteiger partial charge on any atom is 0.231 e. The van der Waals surface area contributed by atoms with Crippen molar-refractivity contribution >= 4 is 22.9 Å². The van der Waals surface area contributed by atoms with Crippen LogP contribution in [0.25, 0.3) is 11.4 Å². The number of aromatic nitrogens is 5. The maximum absolute atomic E-state index is 13.0. The van der Waals surface area contributed by atoms with Gasteiger partial charge in [0.2, 0.25) is 11.7 Å². The van der Waals surface area contributed by atoms with Crippen molar-refractivity contribution in [1.82, 2.24) is 25.2 Å². The van der Waals surface area contributed by atoms with Gasteiger partial charge in [-0.3, -0.25) is 4.79 Å². The summed E-state index contributed by atoms with van der Waals surface area (Å²) in [4.78, 5) is 18.2. The SMILES string of the molecule is Cc1ccccc1NC(=O)Cc1nc(Cn2nnc(-c3ccc(F)cc3)n2)cs1. The van der Waals surface area contributed by atoms with E-state index in [-0.39, 0.29) is 18.1 Å². The van der Waals surface area contributed by atoms with E-state index in [4.69, 9.17) is 0 Å². The van der Waals surface area contributed by atoms with Gasteiger partial charge in [0.1, 0.15) is 17.4 Å². The Morgan fingerprint density at radius 2 is 1.97 bits per heavy atom. The van der Waals surface area contributed by atoms with Crippen LogP contribution in [0.15, 0.2) is 53.9 Å².